The normalized spacial score (nSPS) is 10.8. The monoisotopic (exact) mass is 257 g/mol. The van der Waals surface area contributed by atoms with Gasteiger partial charge in [-0.15, -0.1) is 0 Å². The molecular formula is C13H15N5O. The fourth-order valence-electron chi connectivity index (χ4n) is 1.94. The highest BCUT2D eigenvalue weighted by molar-refractivity contribution is 5.57. The van der Waals surface area contributed by atoms with Gasteiger partial charge in [0.1, 0.15) is 11.5 Å². The number of furan rings is 1. The molecule has 0 unspecified atom stereocenters. The van der Waals surface area contributed by atoms with Gasteiger partial charge in [0.15, 0.2) is 5.76 Å². The van der Waals surface area contributed by atoms with Crippen molar-refractivity contribution < 1.29 is 4.42 Å². The maximum Gasteiger partial charge on any atom is 0.152 e. The summed E-state index contributed by atoms with van der Waals surface area (Å²) in [7, 11) is 1.89. The first-order valence-electron chi connectivity index (χ1n) is 6.04. The van der Waals surface area contributed by atoms with Crippen LogP contribution in [-0.2, 0) is 13.6 Å². The third-order valence-corrected chi connectivity index (χ3v) is 2.89. The van der Waals surface area contributed by atoms with Gasteiger partial charge in [-0.3, -0.25) is 9.78 Å². The number of anilines is 1. The number of rotatable bonds is 4. The van der Waals surface area contributed by atoms with E-state index in [0.29, 0.717) is 6.54 Å². The van der Waals surface area contributed by atoms with E-state index < -0.39 is 0 Å². The van der Waals surface area contributed by atoms with Gasteiger partial charge in [0, 0.05) is 25.4 Å². The summed E-state index contributed by atoms with van der Waals surface area (Å²) in [6.07, 6.45) is 5.52. The summed E-state index contributed by atoms with van der Waals surface area (Å²) in [6.45, 7) is 2.59. The first-order chi connectivity index (χ1) is 9.22. The van der Waals surface area contributed by atoms with Crippen LogP contribution in [0.3, 0.4) is 0 Å². The average Bonchev–Trinajstić information content (AvgIpc) is 3.07. The Morgan fingerprint density at radius 2 is 2.26 bits per heavy atom. The number of nitrogens with one attached hydrogen (secondary N) is 2. The van der Waals surface area contributed by atoms with Gasteiger partial charge in [-0.05, 0) is 19.1 Å². The molecular weight excluding hydrogens is 242 g/mol. The van der Waals surface area contributed by atoms with Gasteiger partial charge in [-0.2, -0.15) is 10.2 Å². The molecule has 0 saturated heterocycles. The third-order valence-electron chi connectivity index (χ3n) is 2.89. The van der Waals surface area contributed by atoms with Gasteiger partial charge >= 0.3 is 0 Å². The summed E-state index contributed by atoms with van der Waals surface area (Å²) in [5.74, 6) is 1.69. The highest BCUT2D eigenvalue weighted by Crippen LogP contribution is 2.23. The van der Waals surface area contributed by atoms with Crippen molar-refractivity contribution in [2.45, 2.75) is 13.5 Å². The maximum absolute atomic E-state index is 5.61. The largest absolute Gasteiger partial charge is 0.460 e. The van der Waals surface area contributed by atoms with E-state index in [2.05, 4.69) is 20.6 Å². The SMILES string of the molecule is Cc1ccc(-c2[nH]ncc2CNc2cnn(C)c2)o1. The molecule has 0 atom stereocenters. The van der Waals surface area contributed by atoms with Crippen LogP contribution in [-0.4, -0.2) is 20.0 Å². The van der Waals surface area contributed by atoms with Gasteiger partial charge in [0.2, 0.25) is 0 Å². The van der Waals surface area contributed by atoms with Crippen LogP contribution in [0.4, 0.5) is 5.69 Å². The van der Waals surface area contributed by atoms with E-state index in [0.717, 1.165) is 28.5 Å². The Morgan fingerprint density at radius 3 is 2.95 bits per heavy atom. The van der Waals surface area contributed by atoms with Crippen molar-refractivity contribution in [3.05, 3.63) is 42.0 Å². The second-order valence-corrected chi connectivity index (χ2v) is 4.44. The second kappa shape index (κ2) is 4.64. The molecule has 0 aliphatic heterocycles. The van der Waals surface area contributed by atoms with E-state index in [1.165, 1.54) is 0 Å². The van der Waals surface area contributed by atoms with E-state index in [9.17, 15) is 0 Å². The molecule has 3 aromatic heterocycles. The van der Waals surface area contributed by atoms with Crippen molar-refractivity contribution in [1.82, 2.24) is 20.0 Å². The van der Waals surface area contributed by atoms with E-state index in [4.69, 9.17) is 4.42 Å². The first kappa shape index (κ1) is 11.6. The summed E-state index contributed by atoms with van der Waals surface area (Å²) in [5, 5.41) is 14.5. The fraction of sp³-hybridized carbons (Fsp3) is 0.231. The lowest BCUT2D eigenvalue weighted by atomic mass is 10.2. The molecule has 6 heteroatoms. The number of nitrogens with zero attached hydrogens (tertiary/aromatic N) is 3. The highest BCUT2D eigenvalue weighted by atomic mass is 16.3. The zero-order valence-corrected chi connectivity index (χ0v) is 10.8. The van der Waals surface area contributed by atoms with Crippen LogP contribution < -0.4 is 5.32 Å². The topological polar surface area (TPSA) is 71.7 Å². The molecule has 0 saturated carbocycles. The average molecular weight is 257 g/mol. The molecule has 3 heterocycles. The summed E-state index contributed by atoms with van der Waals surface area (Å²) in [5.41, 5.74) is 2.94. The Bertz CT molecular complexity index is 679. The number of aromatic amines is 1. The minimum Gasteiger partial charge on any atom is -0.460 e. The maximum atomic E-state index is 5.61. The molecule has 0 aliphatic carbocycles. The molecule has 3 rings (SSSR count). The van der Waals surface area contributed by atoms with Crippen molar-refractivity contribution in [1.29, 1.82) is 0 Å². The molecule has 6 nitrogen and oxygen atoms in total. The van der Waals surface area contributed by atoms with Crippen molar-refractivity contribution in [2.75, 3.05) is 5.32 Å². The van der Waals surface area contributed by atoms with Gasteiger partial charge in [0.25, 0.3) is 0 Å². The van der Waals surface area contributed by atoms with Crippen LogP contribution in [0.2, 0.25) is 0 Å². The zero-order valence-electron chi connectivity index (χ0n) is 10.8. The quantitative estimate of drug-likeness (QED) is 0.752. The Labute approximate surface area is 110 Å². The van der Waals surface area contributed by atoms with Gasteiger partial charge in [-0.25, -0.2) is 0 Å². The van der Waals surface area contributed by atoms with Crippen molar-refractivity contribution in [3.8, 4) is 11.5 Å². The molecule has 2 N–H and O–H groups in total. The van der Waals surface area contributed by atoms with Crippen LogP contribution in [0, 0.1) is 6.92 Å². The highest BCUT2D eigenvalue weighted by Gasteiger charge is 2.11. The van der Waals surface area contributed by atoms with Crippen molar-refractivity contribution in [3.63, 3.8) is 0 Å². The number of aromatic nitrogens is 4. The lowest BCUT2D eigenvalue weighted by molar-refractivity contribution is 0.545. The summed E-state index contributed by atoms with van der Waals surface area (Å²) < 4.78 is 7.37. The lowest BCUT2D eigenvalue weighted by Gasteiger charge is -2.03. The second-order valence-electron chi connectivity index (χ2n) is 4.44. The Morgan fingerprint density at radius 1 is 1.37 bits per heavy atom. The predicted octanol–water partition coefficient (Wildman–Crippen LogP) is 2.32. The van der Waals surface area contributed by atoms with E-state index in [1.54, 1.807) is 17.1 Å². The number of aryl methyl sites for hydroxylation is 2. The van der Waals surface area contributed by atoms with E-state index >= 15 is 0 Å². The van der Waals surface area contributed by atoms with Crippen molar-refractivity contribution >= 4 is 5.69 Å². The van der Waals surface area contributed by atoms with Crippen LogP contribution in [0.25, 0.3) is 11.5 Å². The summed E-state index contributed by atoms with van der Waals surface area (Å²) >= 11 is 0. The lowest BCUT2D eigenvalue weighted by Crippen LogP contribution is -1.98. The molecule has 98 valence electrons. The third kappa shape index (κ3) is 2.37. The first-order valence-corrected chi connectivity index (χ1v) is 6.04. The van der Waals surface area contributed by atoms with E-state index in [-0.39, 0.29) is 0 Å². The smallest absolute Gasteiger partial charge is 0.152 e. The zero-order chi connectivity index (χ0) is 13.2. The molecule has 0 aromatic carbocycles. The van der Waals surface area contributed by atoms with Crippen LogP contribution >= 0.6 is 0 Å². The molecule has 0 bridgehead atoms. The standard InChI is InChI=1S/C13H15N5O/c1-9-3-4-12(19-9)13-10(6-15-17-13)5-14-11-7-16-18(2)8-11/h3-4,6-8,14H,5H2,1-2H3,(H,15,17). The molecule has 0 aliphatic rings. The van der Waals surface area contributed by atoms with Crippen molar-refractivity contribution in [2.24, 2.45) is 7.05 Å². The summed E-state index contributed by atoms with van der Waals surface area (Å²) in [4.78, 5) is 0. The van der Waals surface area contributed by atoms with E-state index in [1.807, 2.05) is 32.3 Å². The molecule has 0 fully saturated rings. The Balaban J connectivity index is 1.77. The molecule has 0 radical (unpaired) electrons. The number of hydrogen-bond acceptors (Lipinski definition) is 4. The predicted molar refractivity (Wildman–Crippen MR) is 71.6 cm³/mol. The number of H-pyrrole nitrogens is 1. The molecule has 0 spiro atoms. The van der Waals surface area contributed by atoms with Crippen LogP contribution in [0.1, 0.15) is 11.3 Å². The van der Waals surface area contributed by atoms with Gasteiger partial charge in [0.05, 0.1) is 18.1 Å². The Kier molecular flexibility index (Phi) is 2.83. The summed E-state index contributed by atoms with van der Waals surface area (Å²) in [6, 6.07) is 3.88. The molecule has 3 aromatic rings. The van der Waals surface area contributed by atoms with Gasteiger partial charge < -0.3 is 9.73 Å². The fourth-order valence-corrected chi connectivity index (χ4v) is 1.94. The Hall–Kier alpha value is -2.50. The van der Waals surface area contributed by atoms with Crippen LogP contribution in [0.15, 0.2) is 35.1 Å². The number of hydrogen-bond donors (Lipinski definition) is 2. The molecule has 0 amide bonds. The minimum atomic E-state index is 0.664. The molecule has 19 heavy (non-hydrogen) atoms. The minimum absolute atomic E-state index is 0.664. The van der Waals surface area contributed by atoms with Crippen LogP contribution in [0.5, 0.6) is 0 Å². The van der Waals surface area contributed by atoms with Gasteiger partial charge in [-0.1, -0.05) is 0 Å².